The molecule has 0 fully saturated rings. The number of carboxylic acid groups (broad SMARTS) is 1. The summed E-state index contributed by atoms with van der Waals surface area (Å²) in [7, 11) is 1.09. The van der Waals surface area contributed by atoms with Gasteiger partial charge in [0.05, 0.1) is 7.11 Å². The zero-order valence-corrected chi connectivity index (χ0v) is 10.0. The Morgan fingerprint density at radius 3 is 2.41 bits per heavy atom. The van der Waals surface area contributed by atoms with Crippen molar-refractivity contribution >= 4 is 23.3 Å². The molecule has 1 heterocycles. The van der Waals surface area contributed by atoms with Crippen molar-refractivity contribution in [2.75, 3.05) is 7.11 Å². The van der Waals surface area contributed by atoms with Gasteiger partial charge in [-0.25, -0.2) is 9.59 Å². The molecule has 1 aromatic rings. The molecule has 6 nitrogen and oxygen atoms in total. The lowest BCUT2D eigenvalue weighted by Crippen LogP contribution is -2.28. The average molecular weight is 260 g/mol. The van der Waals surface area contributed by atoms with Crippen molar-refractivity contribution in [2.45, 2.75) is 19.1 Å². The Labute approximate surface area is 101 Å². The topological polar surface area (TPSA) is 104 Å². The maximum absolute atomic E-state index is 11.0. The van der Waals surface area contributed by atoms with Gasteiger partial charge in [0.15, 0.2) is 6.10 Å². The minimum absolute atomic E-state index is 0.0358. The van der Waals surface area contributed by atoms with Crippen molar-refractivity contribution < 1.29 is 29.6 Å². The molecule has 0 aliphatic rings. The number of carboxylic acids is 1. The third-order valence-corrected chi connectivity index (χ3v) is 3.47. The molecule has 17 heavy (non-hydrogen) atoms. The average Bonchev–Trinajstić information content (AvgIpc) is 2.68. The molecule has 7 heteroatoms. The number of aryl methyl sites for hydroxylation is 1. The predicted octanol–water partition coefficient (Wildman–Crippen LogP) is 0.322. The smallest absolute Gasteiger partial charge is 0.345 e. The van der Waals surface area contributed by atoms with E-state index in [0.717, 1.165) is 18.4 Å². The summed E-state index contributed by atoms with van der Waals surface area (Å²) in [6.07, 6.45) is -3.21. The number of hydrogen-bond acceptors (Lipinski definition) is 6. The van der Waals surface area contributed by atoms with E-state index >= 15 is 0 Å². The zero-order valence-electron chi connectivity index (χ0n) is 9.21. The van der Waals surface area contributed by atoms with Crippen LogP contribution >= 0.6 is 11.3 Å². The minimum atomic E-state index is -1.72. The van der Waals surface area contributed by atoms with E-state index in [1.807, 2.05) is 0 Å². The predicted molar refractivity (Wildman–Crippen MR) is 59.0 cm³/mol. The highest BCUT2D eigenvalue weighted by Crippen LogP contribution is 2.30. The Balaban J connectivity index is 2.99. The summed E-state index contributed by atoms with van der Waals surface area (Å²) in [4.78, 5) is 22.0. The van der Waals surface area contributed by atoms with Crippen molar-refractivity contribution in [2.24, 2.45) is 0 Å². The number of aromatic carboxylic acids is 1. The number of hydrogen-bond donors (Lipinski definition) is 3. The van der Waals surface area contributed by atoms with Gasteiger partial charge in [-0.15, -0.1) is 11.3 Å². The summed E-state index contributed by atoms with van der Waals surface area (Å²) >= 11 is 0.815. The minimum Gasteiger partial charge on any atom is -0.477 e. The van der Waals surface area contributed by atoms with Crippen LogP contribution in [0, 0.1) is 6.92 Å². The van der Waals surface area contributed by atoms with E-state index in [0.29, 0.717) is 5.56 Å². The number of ether oxygens (including phenoxy) is 1. The Bertz CT molecular complexity index is 438. The number of carbonyl (C=O) groups excluding carboxylic acids is 1. The van der Waals surface area contributed by atoms with Gasteiger partial charge >= 0.3 is 11.9 Å². The second-order valence-electron chi connectivity index (χ2n) is 3.38. The van der Waals surface area contributed by atoms with Crippen LogP contribution in [0.15, 0.2) is 6.07 Å². The molecule has 2 atom stereocenters. The van der Waals surface area contributed by atoms with Crippen LogP contribution in [0.25, 0.3) is 0 Å². The van der Waals surface area contributed by atoms with E-state index in [1.165, 1.54) is 6.07 Å². The number of rotatable bonds is 4. The van der Waals surface area contributed by atoms with Gasteiger partial charge < -0.3 is 20.1 Å². The van der Waals surface area contributed by atoms with Crippen LogP contribution < -0.4 is 0 Å². The first-order valence-corrected chi connectivity index (χ1v) is 5.47. The number of carbonyl (C=O) groups is 2. The third kappa shape index (κ3) is 2.82. The van der Waals surface area contributed by atoms with Crippen LogP contribution in [0.2, 0.25) is 0 Å². The van der Waals surface area contributed by atoms with Gasteiger partial charge in [0.25, 0.3) is 0 Å². The molecular formula is C10H12O6S. The van der Waals surface area contributed by atoms with Gasteiger partial charge in [-0.2, -0.15) is 0 Å². The lowest BCUT2D eigenvalue weighted by molar-refractivity contribution is -0.156. The summed E-state index contributed by atoms with van der Waals surface area (Å²) in [5.41, 5.74) is 0.503. The molecule has 0 aliphatic carbocycles. The van der Waals surface area contributed by atoms with E-state index in [2.05, 4.69) is 4.74 Å². The van der Waals surface area contributed by atoms with Gasteiger partial charge in [0, 0.05) is 4.88 Å². The molecule has 3 N–H and O–H groups in total. The maximum atomic E-state index is 11.0. The Kier molecular flexibility index (Phi) is 4.22. The molecule has 94 valence electrons. The van der Waals surface area contributed by atoms with E-state index in [9.17, 15) is 19.8 Å². The van der Waals surface area contributed by atoms with Gasteiger partial charge in [-0.3, -0.25) is 0 Å². The molecule has 1 aromatic heterocycles. The molecule has 0 aliphatic heterocycles. The van der Waals surface area contributed by atoms with Gasteiger partial charge in [0.2, 0.25) is 0 Å². The quantitative estimate of drug-likeness (QED) is 0.674. The molecule has 0 amide bonds. The van der Waals surface area contributed by atoms with Crippen molar-refractivity contribution in [3.8, 4) is 0 Å². The lowest BCUT2D eigenvalue weighted by Gasteiger charge is -2.14. The summed E-state index contributed by atoms with van der Waals surface area (Å²) in [6, 6.07) is 1.37. The second-order valence-corrected chi connectivity index (χ2v) is 4.46. The van der Waals surface area contributed by atoms with Crippen molar-refractivity contribution in [3.63, 3.8) is 0 Å². The largest absolute Gasteiger partial charge is 0.477 e. The molecule has 2 unspecified atom stereocenters. The fraction of sp³-hybridized carbons (Fsp3) is 0.400. The number of methoxy groups -OCH3 is 1. The second kappa shape index (κ2) is 5.26. The number of thiophene rings is 1. The molecule has 0 saturated heterocycles. The Morgan fingerprint density at radius 2 is 2.00 bits per heavy atom. The van der Waals surface area contributed by atoms with E-state index < -0.39 is 24.1 Å². The maximum Gasteiger partial charge on any atom is 0.345 e. The highest BCUT2D eigenvalue weighted by Gasteiger charge is 2.29. The van der Waals surface area contributed by atoms with Crippen molar-refractivity contribution in [1.82, 2.24) is 0 Å². The fourth-order valence-electron chi connectivity index (χ4n) is 1.29. The highest BCUT2D eigenvalue weighted by molar-refractivity contribution is 7.14. The normalized spacial score (nSPS) is 14.1. The van der Waals surface area contributed by atoms with Crippen LogP contribution in [-0.4, -0.2) is 40.5 Å². The van der Waals surface area contributed by atoms with E-state index in [-0.39, 0.29) is 9.75 Å². The van der Waals surface area contributed by atoms with Crippen LogP contribution in [0.3, 0.4) is 0 Å². The van der Waals surface area contributed by atoms with Crippen molar-refractivity contribution in [3.05, 3.63) is 21.4 Å². The summed E-state index contributed by atoms with van der Waals surface area (Å²) in [5, 5.41) is 28.0. The summed E-state index contributed by atoms with van der Waals surface area (Å²) in [5.74, 6) is -2.09. The lowest BCUT2D eigenvalue weighted by atomic mass is 10.1. The van der Waals surface area contributed by atoms with Gasteiger partial charge in [-0.1, -0.05) is 0 Å². The van der Waals surface area contributed by atoms with E-state index in [4.69, 9.17) is 5.11 Å². The number of aliphatic hydroxyl groups is 2. The van der Waals surface area contributed by atoms with Gasteiger partial charge in [-0.05, 0) is 18.6 Å². The van der Waals surface area contributed by atoms with Crippen LogP contribution in [0.1, 0.15) is 26.2 Å². The standard InChI is InChI=1S/C10H12O6S/c1-4-3-5(9(13)14)17-8(4)6(11)7(12)10(15)16-2/h3,6-7,11-12H,1-2H3,(H,13,14). The summed E-state index contributed by atoms with van der Waals surface area (Å²) < 4.78 is 4.29. The molecule has 0 saturated carbocycles. The first-order valence-electron chi connectivity index (χ1n) is 4.66. The van der Waals surface area contributed by atoms with Crippen LogP contribution in [0.5, 0.6) is 0 Å². The molecule has 0 spiro atoms. The third-order valence-electron chi connectivity index (χ3n) is 2.18. The summed E-state index contributed by atoms with van der Waals surface area (Å²) in [6.45, 7) is 1.59. The first kappa shape index (κ1) is 13.6. The molecular weight excluding hydrogens is 248 g/mol. The van der Waals surface area contributed by atoms with Crippen LogP contribution in [-0.2, 0) is 9.53 Å². The fourth-order valence-corrected chi connectivity index (χ4v) is 2.32. The molecule has 1 rings (SSSR count). The number of aliphatic hydroxyl groups excluding tert-OH is 2. The molecule has 0 aromatic carbocycles. The van der Waals surface area contributed by atoms with Gasteiger partial charge in [0.1, 0.15) is 11.0 Å². The molecule has 0 bridgehead atoms. The van der Waals surface area contributed by atoms with Crippen molar-refractivity contribution in [1.29, 1.82) is 0 Å². The SMILES string of the molecule is COC(=O)C(O)C(O)c1sc(C(=O)O)cc1C. The Hall–Kier alpha value is -1.44. The first-order chi connectivity index (χ1) is 7.88. The van der Waals surface area contributed by atoms with E-state index in [1.54, 1.807) is 6.92 Å². The zero-order chi connectivity index (χ0) is 13.2. The number of esters is 1. The molecule has 0 radical (unpaired) electrons. The Morgan fingerprint density at radius 1 is 1.41 bits per heavy atom. The monoisotopic (exact) mass is 260 g/mol. The van der Waals surface area contributed by atoms with Crippen LogP contribution in [0.4, 0.5) is 0 Å². The highest BCUT2D eigenvalue weighted by atomic mass is 32.1.